The van der Waals surface area contributed by atoms with Crippen molar-refractivity contribution in [2.45, 2.75) is 32.6 Å². The van der Waals surface area contributed by atoms with Crippen LogP contribution in [-0.4, -0.2) is 20.9 Å². The molecule has 3 aromatic rings. The van der Waals surface area contributed by atoms with Crippen molar-refractivity contribution in [2.75, 3.05) is 0 Å². The van der Waals surface area contributed by atoms with Gasteiger partial charge < -0.3 is 0 Å². The maximum atomic E-state index is 11.4. The van der Waals surface area contributed by atoms with Crippen molar-refractivity contribution in [2.24, 2.45) is 0 Å². The van der Waals surface area contributed by atoms with Gasteiger partial charge in [0.1, 0.15) is 16.4 Å². The third kappa shape index (κ3) is 2.09. The quantitative estimate of drug-likeness (QED) is 0.663. The van der Waals surface area contributed by atoms with Gasteiger partial charge in [-0.1, -0.05) is 31.3 Å². The Kier molecular flexibility index (Phi) is 3.67. The monoisotopic (exact) mass is 305 g/mol. The maximum absolute atomic E-state index is 11.4. The molecule has 0 N–H and O–H groups in total. The van der Waals surface area contributed by atoms with Crippen LogP contribution >= 0.6 is 22.7 Å². The van der Waals surface area contributed by atoms with Gasteiger partial charge in [0.2, 0.25) is 4.96 Å². The molecule has 0 aliphatic heterocycles. The van der Waals surface area contributed by atoms with Gasteiger partial charge in [-0.2, -0.15) is 9.61 Å². The van der Waals surface area contributed by atoms with Gasteiger partial charge in [0.05, 0.1) is 4.88 Å². The fraction of sp³-hybridized carbons (Fsp3) is 0.357. The summed E-state index contributed by atoms with van der Waals surface area (Å²) in [5.74, 6) is 0.450. The largest absolute Gasteiger partial charge is 0.296 e. The first kappa shape index (κ1) is 13.5. The Bertz CT molecular complexity index is 723. The third-order valence-corrected chi connectivity index (χ3v) is 5.40. The number of aldehydes is 1. The lowest BCUT2D eigenvalue weighted by molar-refractivity contribution is 0.111. The molecule has 0 bridgehead atoms. The summed E-state index contributed by atoms with van der Waals surface area (Å²) in [7, 11) is 0. The SMILES string of the molecule is CCC(CC)c1nn2c(C=O)c(-c3cccs3)nc2s1. The number of rotatable bonds is 5. The van der Waals surface area contributed by atoms with Crippen LogP contribution in [0.5, 0.6) is 0 Å². The van der Waals surface area contributed by atoms with Gasteiger partial charge in [0.25, 0.3) is 0 Å². The number of hydrogen-bond acceptors (Lipinski definition) is 5. The average molecular weight is 305 g/mol. The smallest absolute Gasteiger partial charge is 0.213 e. The lowest BCUT2D eigenvalue weighted by Crippen LogP contribution is -1.98. The molecule has 3 aromatic heterocycles. The van der Waals surface area contributed by atoms with E-state index in [4.69, 9.17) is 0 Å². The average Bonchev–Trinajstić information content (AvgIpc) is 3.14. The zero-order chi connectivity index (χ0) is 14.1. The minimum absolute atomic E-state index is 0.450. The minimum Gasteiger partial charge on any atom is -0.296 e. The van der Waals surface area contributed by atoms with Gasteiger partial charge >= 0.3 is 0 Å². The molecule has 20 heavy (non-hydrogen) atoms. The number of carbonyl (C=O) groups is 1. The van der Waals surface area contributed by atoms with Gasteiger partial charge in [0.15, 0.2) is 6.29 Å². The zero-order valence-electron chi connectivity index (χ0n) is 11.4. The highest BCUT2D eigenvalue weighted by molar-refractivity contribution is 7.17. The summed E-state index contributed by atoms with van der Waals surface area (Å²) < 4.78 is 1.69. The van der Waals surface area contributed by atoms with E-state index in [0.29, 0.717) is 11.6 Å². The summed E-state index contributed by atoms with van der Waals surface area (Å²) in [5, 5.41) is 7.66. The summed E-state index contributed by atoms with van der Waals surface area (Å²) in [4.78, 5) is 17.8. The molecule has 3 rings (SSSR count). The van der Waals surface area contributed by atoms with Gasteiger partial charge in [0, 0.05) is 5.92 Å². The van der Waals surface area contributed by atoms with E-state index in [2.05, 4.69) is 23.9 Å². The van der Waals surface area contributed by atoms with E-state index in [-0.39, 0.29) is 0 Å². The van der Waals surface area contributed by atoms with Gasteiger partial charge in [-0.15, -0.1) is 11.3 Å². The second kappa shape index (κ2) is 5.46. The molecular formula is C14H15N3OS2. The molecule has 4 nitrogen and oxygen atoms in total. The van der Waals surface area contributed by atoms with E-state index >= 15 is 0 Å². The van der Waals surface area contributed by atoms with Crippen LogP contribution in [0.4, 0.5) is 0 Å². The minimum atomic E-state index is 0.450. The van der Waals surface area contributed by atoms with Crippen molar-refractivity contribution in [1.29, 1.82) is 0 Å². The lowest BCUT2D eigenvalue weighted by atomic mass is 10.1. The predicted octanol–water partition coefficient (Wildman–Crippen LogP) is 4.24. The van der Waals surface area contributed by atoms with Crippen molar-refractivity contribution in [3.63, 3.8) is 0 Å². The molecule has 0 atom stereocenters. The first-order chi connectivity index (χ1) is 9.78. The Hall–Kier alpha value is -1.53. The molecular weight excluding hydrogens is 290 g/mol. The molecule has 0 aliphatic carbocycles. The van der Waals surface area contributed by atoms with Crippen molar-refractivity contribution in [3.8, 4) is 10.6 Å². The van der Waals surface area contributed by atoms with Crippen LogP contribution in [0, 0.1) is 0 Å². The Morgan fingerprint density at radius 1 is 1.40 bits per heavy atom. The molecule has 0 spiro atoms. The Morgan fingerprint density at radius 3 is 2.80 bits per heavy atom. The Balaban J connectivity index is 2.13. The van der Waals surface area contributed by atoms with Crippen LogP contribution in [0.25, 0.3) is 15.5 Å². The van der Waals surface area contributed by atoms with E-state index in [1.807, 2.05) is 17.5 Å². The van der Waals surface area contributed by atoms with Gasteiger partial charge in [-0.05, 0) is 24.3 Å². The van der Waals surface area contributed by atoms with Gasteiger partial charge in [-0.3, -0.25) is 4.79 Å². The molecule has 6 heteroatoms. The molecule has 0 fully saturated rings. The van der Waals surface area contributed by atoms with E-state index in [0.717, 1.165) is 39.7 Å². The number of nitrogens with zero attached hydrogens (tertiary/aromatic N) is 3. The summed E-state index contributed by atoms with van der Waals surface area (Å²) in [6.45, 7) is 4.33. The molecule has 0 amide bonds. The van der Waals surface area contributed by atoms with E-state index in [1.165, 1.54) is 0 Å². The molecule has 0 aromatic carbocycles. The number of carbonyl (C=O) groups excluding carboxylic acids is 1. The molecule has 0 radical (unpaired) electrons. The number of thiophene rings is 1. The third-order valence-electron chi connectivity index (χ3n) is 3.45. The predicted molar refractivity (Wildman–Crippen MR) is 82.9 cm³/mol. The number of hydrogen-bond donors (Lipinski definition) is 0. The Labute approximate surface area is 125 Å². The lowest BCUT2D eigenvalue weighted by Gasteiger charge is -2.06. The first-order valence-corrected chi connectivity index (χ1v) is 8.36. The summed E-state index contributed by atoms with van der Waals surface area (Å²) in [6.07, 6.45) is 2.97. The summed E-state index contributed by atoms with van der Waals surface area (Å²) >= 11 is 3.17. The van der Waals surface area contributed by atoms with Crippen LogP contribution < -0.4 is 0 Å². The summed E-state index contributed by atoms with van der Waals surface area (Å²) in [6, 6.07) is 3.94. The standard InChI is InChI=1S/C14H15N3OS2/c1-3-9(4-2)13-16-17-10(8-18)12(15-14(17)20-13)11-6-5-7-19-11/h5-9H,3-4H2,1-2H3. The highest BCUT2D eigenvalue weighted by Gasteiger charge is 2.20. The number of fused-ring (bicyclic) bond motifs is 1. The normalized spacial score (nSPS) is 11.6. The van der Waals surface area contributed by atoms with E-state index in [9.17, 15) is 4.79 Å². The van der Waals surface area contributed by atoms with Crippen molar-refractivity contribution >= 4 is 33.9 Å². The van der Waals surface area contributed by atoms with Crippen molar-refractivity contribution in [1.82, 2.24) is 14.6 Å². The molecule has 3 heterocycles. The van der Waals surface area contributed by atoms with Crippen LogP contribution in [0.2, 0.25) is 0 Å². The number of imidazole rings is 1. The zero-order valence-corrected chi connectivity index (χ0v) is 13.0. The van der Waals surface area contributed by atoms with E-state index < -0.39 is 0 Å². The first-order valence-electron chi connectivity index (χ1n) is 6.67. The topological polar surface area (TPSA) is 47.3 Å². The molecule has 0 saturated heterocycles. The van der Waals surface area contributed by atoms with E-state index in [1.54, 1.807) is 27.2 Å². The fourth-order valence-corrected chi connectivity index (χ4v) is 4.18. The fourth-order valence-electron chi connectivity index (χ4n) is 2.28. The summed E-state index contributed by atoms with van der Waals surface area (Å²) in [5.41, 5.74) is 1.29. The van der Waals surface area contributed by atoms with Crippen LogP contribution in [0.3, 0.4) is 0 Å². The van der Waals surface area contributed by atoms with Gasteiger partial charge in [-0.25, -0.2) is 4.98 Å². The number of aromatic nitrogens is 3. The van der Waals surface area contributed by atoms with Crippen LogP contribution in [0.1, 0.15) is 48.1 Å². The Morgan fingerprint density at radius 2 is 2.20 bits per heavy atom. The molecule has 104 valence electrons. The van der Waals surface area contributed by atoms with Crippen LogP contribution in [-0.2, 0) is 0 Å². The molecule has 0 aliphatic rings. The second-order valence-corrected chi connectivity index (χ2v) is 6.52. The molecule has 0 saturated carbocycles. The highest BCUT2D eigenvalue weighted by atomic mass is 32.1. The maximum Gasteiger partial charge on any atom is 0.213 e. The molecule has 0 unspecified atom stereocenters. The van der Waals surface area contributed by atoms with Crippen LogP contribution in [0.15, 0.2) is 17.5 Å². The van der Waals surface area contributed by atoms with Crippen molar-refractivity contribution in [3.05, 3.63) is 28.2 Å². The second-order valence-electron chi connectivity index (χ2n) is 4.59. The highest BCUT2D eigenvalue weighted by Crippen LogP contribution is 2.32. The van der Waals surface area contributed by atoms with Crippen molar-refractivity contribution < 1.29 is 4.79 Å².